The quantitative estimate of drug-likeness (QED) is 0.282. The average Bonchev–Trinajstić information content (AvgIpc) is 3.62. The first-order valence-electron chi connectivity index (χ1n) is 13.9. The molecule has 1 saturated heterocycles. The van der Waals surface area contributed by atoms with Crippen LogP contribution in [-0.4, -0.2) is 72.3 Å². The number of aromatic nitrogens is 4. The van der Waals surface area contributed by atoms with Crippen LogP contribution in [0.5, 0.6) is 5.88 Å². The SMILES string of the molecule is COc1cc(C(=O)N[C@H]2CCCNC2)cc2nc(-c3cc4ccc(N(C(F)F)S(C)(=O)=O)nc4n3CC3CC3)c(C)n12. The zero-order valence-electron chi connectivity index (χ0n) is 23.6. The highest BCUT2D eigenvalue weighted by molar-refractivity contribution is 7.92. The number of alkyl halides is 2. The molecule has 4 aromatic heterocycles. The fraction of sp³-hybridized carbons (Fsp3) is 0.464. The van der Waals surface area contributed by atoms with Gasteiger partial charge < -0.3 is 19.9 Å². The number of imidazole rings is 1. The maximum absolute atomic E-state index is 13.8. The lowest BCUT2D eigenvalue weighted by atomic mass is 10.1. The average molecular weight is 602 g/mol. The molecule has 6 rings (SSSR count). The third kappa shape index (κ3) is 5.28. The molecular weight excluding hydrogens is 568 g/mol. The molecule has 224 valence electrons. The van der Waals surface area contributed by atoms with Gasteiger partial charge in [0.15, 0.2) is 5.88 Å². The third-order valence-electron chi connectivity index (χ3n) is 7.89. The number of hydrogen-bond acceptors (Lipinski definition) is 7. The van der Waals surface area contributed by atoms with Crippen molar-refractivity contribution in [2.24, 2.45) is 5.92 Å². The minimum absolute atomic E-state index is 0.0254. The number of amides is 1. The first-order chi connectivity index (χ1) is 20.0. The number of carbonyl (C=O) groups excluding carboxylic acids is 1. The van der Waals surface area contributed by atoms with E-state index in [-0.39, 0.29) is 22.1 Å². The van der Waals surface area contributed by atoms with Crippen molar-refractivity contribution in [3.05, 3.63) is 41.6 Å². The van der Waals surface area contributed by atoms with E-state index in [0.29, 0.717) is 52.0 Å². The van der Waals surface area contributed by atoms with E-state index in [2.05, 4.69) is 15.6 Å². The lowest BCUT2D eigenvalue weighted by Gasteiger charge is -2.23. The molecule has 0 bridgehead atoms. The van der Waals surface area contributed by atoms with Gasteiger partial charge >= 0.3 is 6.55 Å². The highest BCUT2D eigenvalue weighted by Crippen LogP contribution is 2.38. The number of nitrogens with one attached hydrogen (secondary N) is 2. The number of hydrogen-bond donors (Lipinski definition) is 2. The number of ether oxygens (including phenoxy) is 1. The Labute approximate surface area is 241 Å². The van der Waals surface area contributed by atoms with Crippen LogP contribution >= 0.6 is 0 Å². The summed E-state index contributed by atoms with van der Waals surface area (Å²) in [6, 6.07) is 8.22. The summed E-state index contributed by atoms with van der Waals surface area (Å²) in [6.45, 7) is 0.865. The Hall–Kier alpha value is -3.78. The van der Waals surface area contributed by atoms with Gasteiger partial charge in [-0.1, -0.05) is 0 Å². The Morgan fingerprint density at radius 2 is 2.00 bits per heavy atom. The predicted molar refractivity (Wildman–Crippen MR) is 155 cm³/mol. The van der Waals surface area contributed by atoms with Gasteiger partial charge in [-0.05, 0) is 69.3 Å². The van der Waals surface area contributed by atoms with Crippen LogP contribution in [0.4, 0.5) is 14.6 Å². The summed E-state index contributed by atoms with van der Waals surface area (Å²) in [5.74, 6) is 0.281. The molecule has 14 heteroatoms. The van der Waals surface area contributed by atoms with Gasteiger partial charge in [-0.25, -0.2) is 18.4 Å². The van der Waals surface area contributed by atoms with E-state index in [9.17, 15) is 22.0 Å². The monoisotopic (exact) mass is 601 g/mol. The minimum Gasteiger partial charge on any atom is -0.482 e. The van der Waals surface area contributed by atoms with Crippen LogP contribution in [-0.2, 0) is 16.6 Å². The molecule has 2 aliphatic rings. The largest absolute Gasteiger partial charge is 0.482 e. The number of piperidine rings is 1. The summed E-state index contributed by atoms with van der Waals surface area (Å²) in [6.07, 6.45) is 4.69. The molecule has 1 amide bonds. The molecule has 2 fully saturated rings. The number of methoxy groups -OCH3 is 1. The number of anilines is 1. The van der Waals surface area contributed by atoms with Gasteiger partial charge in [-0.15, -0.1) is 0 Å². The van der Waals surface area contributed by atoms with Crippen LogP contribution in [0.25, 0.3) is 28.1 Å². The van der Waals surface area contributed by atoms with Gasteiger partial charge in [0.2, 0.25) is 10.0 Å². The summed E-state index contributed by atoms with van der Waals surface area (Å²) < 4.78 is 61.3. The molecule has 11 nitrogen and oxygen atoms in total. The van der Waals surface area contributed by atoms with Crippen molar-refractivity contribution in [2.45, 2.75) is 51.7 Å². The molecule has 42 heavy (non-hydrogen) atoms. The molecule has 1 aliphatic carbocycles. The number of pyridine rings is 2. The first kappa shape index (κ1) is 28.3. The van der Waals surface area contributed by atoms with E-state index >= 15 is 0 Å². The molecule has 1 atom stereocenters. The molecule has 2 N–H and O–H groups in total. The van der Waals surface area contributed by atoms with Gasteiger partial charge in [-0.3, -0.25) is 9.20 Å². The number of carbonyl (C=O) groups is 1. The Morgan fingerprint density at radius 1 is 1.21 bits per heavy atom. The van der Waals surface area contributed by atoms with Crippen LogP contribution in [0.1, 0.15) is 41.7 Å². The Morgan fingerprint density at radius 3 is 2.64 bits per heavy atom. The third-order valence-corrected chi connectivity index (χ3v) is 8.95. The van der Waals surface area contributed by atoms with Crippen LogP contribution < -0.4 is 19.7 Å². The van der Waals surface area contributed by atoms with Crippen LogP contribution in [0.2, 0.25) is 0 Å². The highest BCUT2D eigenvalue weighted by atomic mass is 32.2. The van der Waals surface area contributed by atoms with E-state index in [4.69, 9.17) is 9.72 Å². The van der Waals surface area contributed by atoms with Gasteiger partial charge in [-0.2, -0.15) is 13.1 Å². The maximum Gasteiger partial charge on any atom is 0.329 e. The normalized spacial score (nSPS) is 17.7. The molecular formula is C28H33F2N7O4S. The summed E-state index contributed by atoms with van der Waals surface area (Å²) >= 11 is 0. The summed E-state index contributed by atoms with van der Waals surface area (Å²) in [5, 5.41) is 7.05. The van der Waals surface area contributed by atoms with E-state index < -0.39 is 16.6 Å². The number of halogens is 2. The standard InChI is InChI=1S/C28H33F2N7O4S/c1-16-25(33-23-12-19(13-24(41-2)36(16)23)27(38)32-20-5-4-10-31-14-20)21-11-18-8-9-22(37(28(29)30)42(3,39)40)34-26(18)35(21)15-17-6-7-17/h8-9,11-13,17,20,28,31H,4-7,10,14-15H2,1-3H3,(H,32,38)/t20-/m0/s1. The molecule has 4 aromatic rings. The van der Waals surface area contributed by atoms with E-state index in [1.807, 2.05) is 22.0 Å². The van der Waals surface area contributed by atoms with Crippen molar-refractivity contribution in [3.8, 4) is 17.3 Å². The van der Waals surface area contributed by atoms with Gasteiger partial charge in [0.05, 0.1) is 24.8 Å². The lowest BCUT2D eigenvalue weighted by Crippen LogP contribution is -2.45. The zero-order valence-corrected chi connectivity index (χ0v) is 24.4. The van der Waals surface area contributed by atoms with Crippen LogP contribution in [0.15, 0.2) is 30.3 Å². The second kappa shape index (κ2) is 10.8. The van der Waals surface area contributed by atoms with Crippen molar-refractivity contribution in [1.29, 1.82) is 0 Å². The zero-order chi connectivity index (χ0) is 29.8. The summed E-state index contributed by atoms with van der Waals surface area (Å²) in [4.78, 5) is 22.5. The smallest absolute Gasteiger partial charge is 0.329 e. The van der Waals surface area contributed by atoms with Gasteiger partial charge in [0, 0.05) is 36.1 Å². The minimum atomic E-state index is -4.26. The van der Waals surface area contributed by atoms with Gasteiger partial charge in [0.25, 0.3) is 5.91 Å². The molecule has 0 radical (unpaired) electrons. The highest BCUT2D eigenvalue weighted by Gasteiger charge is 2.30. The molecule has 1 saturated carbocycles. The predicted octanol–water partition coefficient (Wildman–Crippen LogP) is 3.55. The number of sulfonamides is 1. The van der Waals surface area contributed by atoms with E-state index in [0.717, 1.165) is 50.7 Å². The molecule has 5 heterocycles. The van der Waals surface area contributed by atoms with Crippen LogP contribution in [0, 0.1) is 12.8 Å². The first-order valence-corrected chi connectivity index (χ1v) is 15.8. The number of nitrogens with zero attached hydrogens (tertiary/aromatic N) is 5. The van der Waals surface area contributed by atoms with Crippen molar-refractivity contribution < 1.29 is 26.7 Å². The summed E-state index contributed by atoms with van der Waals surface area (Å²) in [5.41, 5.74) is 3.44. The number of rotatable bonds is 9. The van der Waals surface area contributed by atoms with Gasteiger partial charge in [0.1, 0.15) is 22.8 Å². The fourth-order valence-corrected chi connectivity index (χ4v) is 6.37. The van der Waals surface area contributed by atoms with Crippen LogP contribution in [0.3, 0.4) is 0 Å². The molecule has 0 unspecified atom stereocenters. The second-order valence-electron chi connectivity index (χ2n) is 11.0. The molecule has 1 aliphatic heterocycles. The topological polar surface area (TPSA) is 123 Å². The molecule has 0 aromatic carbocycles. The Kier molecular flexibility index (Phi) is 7.29. The Balaban J connectivity index is 1.46. The number of aryl methyl sites for hydroxylation is 1. The van der Waals surface area contributed by atoms with Crippen molar-refractivity contribution in [1.82, 2.24) is 29.6 Å². The fourth-order valence-electron chi connectivity index (χ4n) is 5.64. The summed E-state index contributed by atoms with van der Waals surface area (Å²) in [7, 11) is -2.73. The second-order valence-corrected chi connectivity index (χ2v) is 12.9. The van der Waals surface area contributed by atoms with Crippen molar-refractivity contribution in [2.75, 3.05) is 30.8 Å². The van der Waals surface area contributed by atoms with E-state index in [1.54, 1.807) is 18.2 Å². The van der Waals surface area contributed by atoms with Crippen molar-refractivity contribution >= 4 is 38.4 Å². The maximum atomic E-state index is 13.8. The molecule has 0 spiro atoms. The Bertz CT molecular complexity index is 1780. The number of fused-ring (bicyclic) bond motifs is 2. The van der Waals surface area contributed by atoms with E-state index in [1.165, 1.54) is 13.2 Å². The van der Waals surface area contributed by atoms with Crippen molar-refractivity contribution in [3.63, 3.8) is 0 Å². The lowest BCUT2D eigenvalue weighted by molar-refractivity contribution is 0.0930.